The number of hydrogen-bond acceptors (Lipinski definition) is 4. The second kappa shape index (κ2) is 9.37. The monoisotopic (exact) mass is 394 g/mol. The molecule has 0 spiro atoms. The zero-order chi connectivity index (χ0) is 20.8. The molecule has 0 aromatic heterocycles. The average Bonchev–Trinajstić information content (AvgIpc) is 3.04. The van der Waals surface area contributed by atoms with E-state index in [-0.39, 0.29) is 37.1 Å². The maximum atomic E-state index is 12.3. The highest BCUT2D eigenvalue weighted by Gasteiger charge is 2.28. The van der Waals surface area contributed by atoms with Crippen molar-refractivity contribution in [2.75, 3.05) is 13.2 Å². The summed E-state index contributed by atoms with van der Waals surface area (Å²) < 4.78 is 5.66. The Hall–Kier alpha value is -3.15. The van der Waals surface area contributed by atoms with Crippen molar-refractivity contribution < 1.29 is 19.1 Å². The van der Waals surface area contributed by atoms with Gasteiger partial charge in [-0.3, -0.25) is 19.3 Å². The van der Waals surface area contributed by atoms with E-state index in [9.17, 15) is 14.4 Å². The van der Waals surface area contributed by atoms with Gasteiger partial charge in [-0.15, -0.1) is 0 Å². The lowest BCUT2D eigenvalue weighted by Gasteiger charge is -2.14. The van der Waals surface area contributed by atoms with E-state index in [0.29, 0.717) is 24.6 Å². The number of likely N-dealkylation sites (tertiary alicyclic amines) is 1. The zero-order valence-electron chi connectivity index (χ0n) is 16.8. The second-order valence-corrected chi connectivity index (χ2v) is 7.40. The van der Waals surface area contributed by atoms with Crippen LogP contribution in [0.4, 0.5) is 0 Å². The molecule has 3 amide bonds. The molecule has 0 unspecified atom stereocenters. The molecule has 1 aliphatic heterocycles. The summed E-state index contributed by atoms with van der Waals surface area (Å²) in [6.07, 6.45) is 0.562. The molecule has 2 aromatic carbocycles. The molecule has 1 fully saturated rings. The van der Waals surface area contributed by atoms with E-state index >= 15 is 0 Å². The molecule has 1 aliphatic rings. The van der Waals surface area contributed by atoms with Gasteiger partial charge in [-0.2, -0.15) is 0 Å². The number of carbonyl (C=O) groups excluding carboxylic acids is 3. The molecule has 0 atom stereocenters. The van der Waals surface area contributed by atoms with Crippen LogP contribution in [0.3, 0.4) is 0 Å². The summed E-state index contributed by atoms with van der Waals surface area (Å²) in [5.41, 5.74) is 2.60. The molecule has 1 heterocycles. The third kappa shape index (κ3) is 5.44. The molecule has 0 bridgehead atoms. The number of amides is 3. The SMILES string of the molecule is CC(C)c1ccc(OCCNC(=O)c2ccc(CN3C(=O)CCC3=O)cc2)cc1. The largest absolute Gasteiger partial charge is 0.492 e. The van der Waals surface area contributed by atoms with E-state index in [1.54, 1.807) is 24.3 Å². The first-order chi connectivity index (χ1) is 13.9. The fraction of sp³-hybridized carbons (Fsp3) is 0.348. The number of benzene rings is 2. The molecule has 1 saturated heterocycles. The van der Waals surface area contributed by atoms with Gasteiger partial charge in [0, 0.05) is 18.4 Å². The van der Waals surface area contributed by atoms with Gasteiger partial charge in [-0.1, -0.05) is 38.1 Å². The summed E-state index contributed by atoms with van der Waals surface area (Å²) in [6.45, 7) is 5.31. The number of nitrogens with one attached hydrogen (secondary N) is 1. The van der Waals surface area contributed by atoms with Crippen LogP contribution in [0.5, 0.6) is 5.75 Å². The van der Waals surface area contributed by atoms with E-state index in [4.69, 9.17) is 4.74 Å². The Bertz CT molecular complexity index is 857. The van der Waals surface area contributed by atoms with Crippen molar-refractivity contribution in [1.29, 1.82) is 0 Å². The van der Waals surface area contributed by atoms with Crippen LogP contribution >= 0.6 is 0 Å². The smallest absolute Gasteiger partial charge is 0.251 e. The molecule has 2 aromatic rings. The topological polar surface area (TPSA) is 75.7 Å². The highest BCUT2D eigenvalue weighted by atomic mass is 16.5. The highest BCUT2D eigenvalue weighted by Crippen LogP contribution is 2.18. The summed E-state index contributed by atoms with van der Waals surface area (Å²) in [4.78, 5) is 36.9. The van der Waals surface area contributed by atoms with Crippen molar-refractivity contribution in [1.82, 2.24) is 10.2 Å². The summed E-state index contributed by atoms with van der Waals surface area (Å²) in [5.74, 6) is 0.778. The number of carbonyl (C=O) groups is 3. The minimum atomic E-state index is -0.191. The van der Waals surface area contributed by atoms with Gasteiger partial charge in [0.05, 0.1) is 13.1 Å². The molecule has 29 heavy (non-hydrogen) atoms. The van der Waals surface area contributed by atoms with E-state index in [0.717, 1.165) is 11.3 Å². The number of ether oxygens (including phenoxy) is 1. The Kier molecular flexibility index (Phi) is 6.65. The fourth-order valence-electron chi connectivity index (χ4n) is 3.13. The van der Waals surface area contributed by atoms with Crippen molar-refractivity contribution in [2.24, 2.45) is 0 Å². The van der Waals surface area contributed by atoms with E-state index in [2.05, 4.69) is 19.2 Å². The molecule has 6 nitrogen and oxygen atoms in total. The number of hydrogen-bond donors (Lipinski definition) is 1. The van der Waals surface area contributed by atoms with Gasteiger partial charge in [0.1, 0.15) is 12.4 Å². The first kappa shape index (κ1) is 20.6. The summed E-state index contributed by atoms with van der Waals surface area (Å²) in [7, 11) is 0. The molecular weight excluding hydrogens is 368 g/mol. The number of rotatable bonds is 8. The van der Waals surface area contributed by atoms with Gasteiger partial charge >= 0.3 is 0 Å². The first-order valence-corrected chi connectivity index (χ1v) is 9.87. The van der Waals surface area contributed by atoms with Gasteiger partial charge in [0.2, 0.25) is 11.8 Å². The lowest BCUT2D eigenvalue weighted by Crippen LogP contribution is -2.29. The van der Waals surface area contributed by atoms with Crippen molar-refractivity contribution in [3.8, 4) is 5.75 Å². The Morgan fingerprint density at radius 1 is 1.00 bits per heavy atom. The van der Waals surface area contributed by atoms with Crippen LogP contribution in [0.25, 0.3) is 0 Å². The fourth-order valence-corrected chi connectivity index (χ4v) is 3.13. The van der Waals surface area contributed by atoms with E-state index in [1.807, 2.05) is 24.3 Å². The summed E-state index contributed by atoms with van der Waals surface area (Å²) in [5, 5.41) is 2.82. The maximum absolute atomic E-state index is 12.3. The van der Waals surface area contributed by atoms with E-state index in [1.165, 1.54) is 10.5 Å². The molecule has 0 saturated carbocycles. The van der Waals surface area contributed by atoms with Crippen LogP contribution in [-0.2, 0) is 16.1 Å². The Morgan fingerprint density at radius 2 is 1.62 bits per heavy atom. The Balaban J connectivity index is 1.43. The molecule has 152 valence electrons. The van der Waals surface area contributed by atoms with Crippen LogP contribution in [0.15, 0.2) is 48.5 Å². The van der Waals surface area contributed by atoms with Crippen molar-refractivity contribution >= 4 is 17.7 Å². The zero-order valence-corrected chi connectivity index (χ0v) is 16.8. The second-order valence-electron chi connectivity index (χ2n) is 7.40. The molecular formula is C23H26N2O4. The Morgan fingerprint density at radius 3 is 2.21 bits per heavy atom. The summed E-state index contributed by atoms with van der Waals surface area (Å²) >= 11 is 0. The Labute approximate surface area is 170 Å². The van der Waals surface area contributed by atoms with E-state index < -0.39 is 0 Å². The molecule has 1 N–H and O–H groups in total. The molecule has 0 radical (unpaired) electrons. The lowest BCUT2D eigenvalue weighted by molar-refractivity contribution is -0.139. The third-order valence-electron chi connectivity index (χ3n) is 4.91. The van der Waals surface area contributed by atoms with Crippen LogP contribution in [-0.4, -0.2) is 35.8 Å². The van der Waals surface area contributed by atoms with Crippen molar-refractivity contribution in [2.45, 2.75) is 39.2 Å². The van der Waals surface area contributed by atoms with Crippen LogP contribution in [0.2, 0.25) is 0 Å². The van der Waals surface area contributed by atoms with Gasteiger partial charge in [-0.25, -0.2) is 0 Å². The van der Waals surface area contributed by atoms with Gasteiger partial charge in [0.25, 0.3) is 5.91 Å². The van der Waals surface area contributed by atoms with Gasteiger partial charge < -0.3 is 10.1 Å². The van der Waals surface area contributed by atoms with Crippen LogP contribution in [0.1, 0.15) is 54.1 Å². The minimum absolute atomic E-state index is 0.143. The third-order valence-corrected chi connectivity index (χ3v) is 4.91. The van der Waals surface area contributed by atoms with Crippen LogP contribution in [0, 0.1) is 0 Å². The van der Waals surface area contributed by atoms with Crippen molar-refractivity contribution in [3.05, 3.63) is 65.2 Å². The quantitative estimate of drug-likeness (QED) is 0.551. The lowest BCUT2D eigenvalue weighted by atomic mass is 10.0. The molecule has 0 aliphatic carbocycles. The standard InChI is InChI=1S/C23H26N2O4/c1-16(2)18-7-9-20(10-8-18)29-14-13-24-23(28)19-5-3-17(4-6-19)15-25-21(26)11-12-22(25)27/h3-10,16H,11-15H2,1-2H3,(H,24,28). The van der Waals surface area contributed by atoms with Gasteiger partial charge in [-0.05, 0) is 41.3 Å². The van der Waals surface area contributed by atoms with Crippen molar-refractivity contribution in [3.63, 3.8) is 0 Å². The minimum Gasteiger partial charge on any atom is -0.492 e. The number of nitrogens with zero attached hydrogens (tertiary/aromatic N) is 1. The summed E-state index contributed by atoms with van der Waals surface area (Å²) in [6, 6.07) is 14.9. The van der Waals surface area contributed by atoms with Crippen LogP contribution < -0.4 is 10.1 Å². The maximum Gasteiger partial charge on any atom is 0.251 e. The first-order valence-electron chi connectivity index (χ1n) is 9.87. The van der Waals surface area contributed by atoms with Gasteiger partial charge in [0.15, 0.2) is 0 Å². The number of imide groups is 1. The predicted molar refractivity (Wildman–Crippen MR) is 110 cm³/mol. The normalized spacial score (nSPS) is 13.8. The highest BCUT2D eigenvalue weighted by molar-refractivity contribution is 6.01. The molecule has 3 rings (SSSR count). The molecule has 6 heteroatoms. The predicted octanol–water partition coefficient (Wildman–Crippen LogP) is 3.27. The average molecular weight is 394 g/mol.